The molecule has 0 heterocycles. The predicted molar refractivity (Wildman–Crippen MR) is 44.4 cm³/mol. The van der Waals surface area contributed by atoms with Crippen molar-refractivity contribution in [1.82, 2.24) is 5.32 Å². The highest BCUT2D eigenvalue weighted by Gasteiger charge is 2.01. The Morgan fingerprint density at radius 3 is 2.58 bits per heavy atom. The van der Waals surface area contributed by atoms with E-state index in [1.54, 1.807) is 0 Å². The average molecular weight is 181 g/mol. The van der Waals surface area contributed by atoms with Gasteiger partial charge in [0.2, 0.25) is 0 Å². The van der Waals surface area contributed by atoms with Gasteiger partial charge < -0.3 is 10.4 Å². The number of aliphatic hydroxyl groups excluding tert-OH is 1. The Kier molecular flexibility index (Phi) is 7.29. The first-order valence-corrected chi connectivity index (χ1v) is 4.26. The highest BCUT2D eigenvalue weighted by molar-refractivity contribution is 4.54. The largest absolute Gasteiger partial charge is 0.396 e. The lowest BCUT2D eigenvalue weighted by molar-refractivity contribution is 0.145. The second-order valence-corrected chi connectivity index (χ2v) is 3.03. The van der Waals surface area contributed by atoms with Crippen LogP contribution in [0.5, 0.6) is 0 Å². The zero-order chi connectivity index (χ0) is 9.40. The van der Waals surface area contributed by atoms with Crippen LogP contribution in [-0.2, 0) is 0 Å². The molecule has 0 saturated heterocycles. The van der Waals surface area contributed by atoms with Crippen molar-refractivity contribution in [3.63, 3.8) is 0 Å². The summed E-state index contributed by atoms with van der Waals surface area (Å²) in [6.07, 6.45) is -0.540. The first kappa shape index (κ1) is 11.8. The van der Waals surface area contributed by atoms with Crippen molar-refractivity contribution in [2.75, 3.05) is 19.7 Å². The molecule has 0 aromatic rings. The van der Waals surface area contributed by atoms with Gasteiger partial charge in [0.1, 0.15) is 0 Å². The van der Waals surface area contributed by atoms with E-state index in [0.29, 0.717) is 6.54 Å². The molecule has 0 amide bonds. The Morgan fingerprint density at radius 2 is 2.08 bits per heavy atom. The van der Waals surface area contributed by atoms with Crippen LogP contribution in [0, 0.1) is 5.92 Å². The summed E-state index contributed by atoms with van der Waals surface area (Å²) >= 11 is 0. The molecule has 4 heteroatoms. The van der Waals surface area contributed by atoms with Crippen molar-refractivity contribution in [3.05, 3.63) is 0 Å². The van der Waals surface area contributed by atoms with Gasteiger partial charge in [0, 0.05) is 6.61 Å². The third-order valence-electron chi connectivity index (χ3n) is 1.66. The lowest BCUT2D eigenvalue weighted by Gasteiger charge is -2.07. The standard InChI is InChI=1S/C8H17F2NO/c1-7(6-12)3-2-4-11-5-8(9)10/h7-8,11-12H,2-6H2,1H3. The molecular weight excluding hydrogens is 164 g/mol. The van der Waals surface area contributed by atoms with Gasteiger partial charge in [0.05, 0.1) is 6.54 Å². The van der Waals surface area contributed by atoms with Gasteiger partial charge in [0.25, 0.3) is 6.43 Å². The van der Waals surface area contributed by atoms with Gasteiger partial charge in [-0.05, 0) is 25.3 Å². The van der Waals surface area contributed by atoms with Crippen molar-refractivity contribution in [2.45, 2.75) is 26.2 Å². The van der Waals surface area contributed by atoms with E-state index in [4.69, 9.17) is 5.11 Å². The first-order chi connectivity index (χ1) is 5.66. The number of nitrogens with one attached hydrogen (secondary N) is 1. The number of hydrogen-bond donors (Lipinski definition) is 2. The number of aliphatic hydroxyl groups is 1. The Balaban J connectivity index is 3.00. The van der Waals surface area contributed by atoms with E-state index in [1.165, 1.54) is 0 Å². The number of alkyl halides is 2. The van der Waals surface area contributed by atoms with Gasteiger partial charge in [-0.2, -0.15) is 0 Å². The molecule has 0 rings (SSSR count). The molecule has 2 N–H and O–H groups in total. The van der Waals surface area contributed by atoms with Crippen molar-refractivity contribution >= 4 is 0 Å². The minimum Gasteiger partial charge on any atom is -0.396 e. The summed E-state index contributed by atoms with van der Waals surface area (Å²) in [5.74, 6) is 0.276. The van der Waals surface area contributed by atoms with Crippen LogP contribution in [0.25, 0.3) is 0 Å². The van der Waals surface area contributed by atoms with Gasteiger partial charge in [0.15, 0.2) is 0 Å². The predicted octanol–water partition coefficient (Wildman–Crippen LogP) is 1.25. The molecule has 0 spiro atoms. The first-order valence-electron chi connectivity index (χ1n) is 4.26. The zero-order valence-electron chi connectivity index (χ0n) is 7.39. The van der Waals surface area contributed by atoms with E-state index in [2.05, 4.69) is 5.32 Å². The van der Waals surface area contributed by atoms with E-state index in [-0.39, 0.29) is 19.1 Å². The zero-order valence-corrected chi connectivity index (χ0v) is 7.39. The molecule has 1 atom stereocenters. The minimum absolute atomic E-state index is 0.175. The number of hydrogen-bond acceptors (Lipinski definition) is 2. The topological polar surface area (TPSA) is 32.3 Å². The van der Waals surface area contributed by atoms with Crippen molar-refractivity contribution < 1.29 is 13.9 Å². The fourth-order valence-corrected chi connectivity index (χ4v) is 0.878. The summed E-state index contributed by atoms with van der Waals surface area (Å²) in [4.78, 5) is 0. The maximum Gasteiger partial charge on any atom is 0.250 e. The van der Waals surface area contributed by atoms with E-state index in [0.717, 1.165) is 12.8 Å². The van der Waals surface area contributed by atoms with Crippen LogP contribution in [0.15, 0.2) is 0 Å². The molecule has 12 heavy (non-hydrogen) atoms. The summed E-state index contributed by atoms with van der Waals surface area (Å²) < 4.78 is 23.2. The molecule has 0 radical (unpaired) electrons. The van der Waals surface area contributed by atoms with Gasteiger partial charge in [-0.3, -0.25) is 0 Å². The third kappa shape index (κ3) is 7.88. The molecule has 0 fully saturated rings. The van der Waals surface area contributed by atoms with Gasteiger partial charge in [-0.1, -0.05) is 6.92 Å². The minimum atomic E-state index is -2.26. The molecule has 0 aliphatic carbocycles. The Labute approximate surface area is 72.0 Å². The highest BCUT2D eigenvalue weighted by Crippen LogP contribution is 2.02. The molecule has 0 saturated carbocycles. The molecule has 2 nitrogen and oxygen atoms in total. The molecular formula is C8H17F2NO. The van der Waals surface area contributed by atoms with Gasteiger partial charge in [-0.25, -0.2) is 8.78 Å². The van der Waals surface area contributed by atoms with Crippen LogP contribution in [0.1, 0.15) is 19.8 Å². The molecule has 1 unspecified atom stereocenters. The second-order valence-electron chi connectivity index (χ2n) is 3.03. The fourth-order valence-electron chi connectivity index (χ4n) is 0.878. The van der Waals surface area contributed by atoms with Crippen molar-refractivity contribution in [2.24, 2.45) is 5.92 Å². The monoisotopic (exact) mass is 181 g/mol. The summed E-state index contributed by atoms with van der Waals surface area (Å²) in [6, 6.07) is 0. The van der Waals surface area contributed by atoms with Crippen molar-refractivity contribution in [1.29, 1.82) is 0 Å². The third-order valence-corrected chi connectivity index (χ3v) is 1.66. The average Bonchev–Trinajstić information content (AvgIpc) is 2.03. The van der Waals surface area contributed by atoms with E-state index < -0.39 is 6.43 Å². The van der Waals surface area contributed by atoms with E-state index in [9.17, 15) is 8.78 Å². The van der Waals surface area contributed by atoms with Crippen molar-refractivity contribution in [3.8, 4) is 0 Å². The number of halogens is 2. The van der Waals surface area contributed by atoms with Crippen LogP contribution in [0.3, 0.4) is 0 Å². The number of rotatable bonds is 7. The summed E-state index contributed by atoms with van der Waals surface area (Å²) in [5, 5.41) is 11.3. The maximum absolute atomic E-state index is 11.6. The molecule has 0 aromatic carbocycles. The van der Waals surface area contributed by atoms with E-state index >= 15 is 0 Å². The summed E-state index contributed by atoms with van der Waals surface area (Å²) in [5.41, 5.74) is 0. The summed E-state index contributed by atoms with van der Waals surface area (Å²) in [6.45, 7) is 2.49. The van der Waals surface area contributed by atoms with Crippen LogP contribution < -0.4 is 5.32 Å². The second kappa shape index (κ2) is 7.43. The van der Waals surface area contributed by atoms with E-state index in [1.807, 2.05) is 6.92 Å². The fraction of sp³-hybridized carbons (Fsp3) is 1.00. The normalized spacial score (nSPS) is 13.8. The molecule has 0 bridgehead atoms. The smallest absolute Gasteiger partial charge is 0.250 e. The molecule has 0 aliphatic heterocycles. The lowest BCUT2D eigenvalue weighted by atomic mass is 10.1. The van der Waals surface area contributed by atoms with Gasteiger partial charge in [-0.15, -0.1) is 0 Å². The quantitative estimate of drug-likeness (QED) is 0.579. The molecule has 74 valence electrons. The summed E-state index contributed by atoms with van der Waals surface area (Å²) in [7, 11) is 0. The lowest BCUT2D eigenvalue weighted by Crippen LogP contribution is -2.22. The Hall–Kier alpha value is -0.220. The Morgan fingerprint density at radius 1 is 1.42 bits per heavy atom. The maximum atomic E-state index is 11.6. The van der Waals surface area contributed by atoms with Gasteiger partial charge >= 0.3 is 0 Å². The highest BCUT2D eigenvalue weighted by atomic mass is 19.3. The molecule has 0 aliphatic rings. The SMILES string of the molecule is CC(CO)CCCNCC(F)F. The Bertz CT molecular complexity index is 101. The van der Waals surface area contributed by atoms with Crippen LogP contribution in [0.4, 0.5) is 8.78 Å². The molecule has 0 aromatic heterocycles. The van der Waals surface area contributed by atoms with Crippen LogP contribution in [0.2, 0.25) is 0 Å². The van der Waals surface area contributed by atoms with Crippen LogP contribution in [-0.4, -0.2) is 31.2 Å². The van der Waals surface area contributed by atoms with Crippen LogP contribution >= 0.6 is 0 Å².